The van der Waals surface area contributed by atoms with Crippen molar-refractivity contribution in [2.45, 2.75) is 13.8 Å². The molecule has 28 valence electrons. The molecule has 0 radical (unpaired) electrons. The molecule has 0 amide bonds. The Kier molecular flexibility index (Phi) is 0.964. The first-order valence-corrected chi connectivity index (χ1v) is 1.47. The van der Waals surface area contributed by atoms with E-state index in [1.54, 1.807) is 19.9 Å². The van der Waals surface area contributed by atoms with Crippen molar-refractivity contribution in [3.63, 3.8) is 0 Å². The minimum atomic E-state index is -0.903. The van der Waals surface area contributed by atoms with Crippen LogP contribution in [0.5, 0.6) is 0 Å². The molecule has 1 nitrogen and oxygen atoms in total. The lowest BCUT2D eigenvalue weighted by Crippen LogP contribution is -1.72. The minimum absolute atomic E-state index is 0.903. The zero-order valence-corrected chi connectivity index (χ0v) is 3.45. The van der Waals surface area contributed by atoms with E-state index in [4.69, 9.17) is 6.63 Å². The Hall–Kier alpha value is -0.510. The Labute approximate surface area is 33.6 Å². The van der Waals surface area contributed by atoms with Crippen LogP contribution in [0.4, 0.5) is 0 Å². The molecule has 0 heterocycles. The van der Waals surface area contributed by atoms with Crippen LogP contribution in [0.25, 0.3) is 0 Å². The second-order valence-corrected chi connectivity index (χ2v) is 1.11. The van der Waals surface area contributed by atoms with Crippen LogP contribution < -0.4 is 0 Å². The summed E-state index contributed by atoms with van der Waals surface area (Å²) in [7, 11) is 0. The van der Waals surface area contributed by atoms with Crippen LogP contribution in [-0.2, 0) is 0 Å². The highest BCUT2D eigenvalue weighted by molar-refractivity contribution is 4.72. The summed E-state index contributed by atoms with van der Waals surface area (Å²) in [5, 5.41) is 7.97. The Morgan fingerprint density at radius 2 is 2.20 bits per heavy atom. The molecule has 0 saturated heterocycles. The van der Waals surface area contributed by atoms with Gasteiger partial charge in [0.25, 0.3) is 0 Å². The summed E-state index contributed by atoms with van der Waals surface area (Å²) in [5.74, 6) is -0.903. The second kappa shape index (κ2) is 1.78. The fourth-order valence-corrected chi connectivity index (χ4v) is 0. The predicted molar refractivity (Wildman–Crippen MR) is 20.5 cm³/mol. The van der Waals surface area contributed by atoms with Gasteiger partial charge in [0.2, 0.25) is 0 Å². The fourth-order valence-electron chi connectivity index (χ4n) is 0. The van der Waals surface area contributed by atoms with Crippen molar-refractivity contribution in [1.82, 2.24) is 0 Å². The van der Waals surface area contributed by atoms with Crippen molar-refractivity contribution >= 4 is 0 Å². The standard InChI is InChI=1S/C4H7N/c1-4(2)3-5/h4H,1-2H3/i4D. The van der Waals surface area contributed by atoms with Crippen LogP contribution in [0.1, 0.15) is 15.2 Å². The van der Waals surface area contributed by atoms with E-state index in [-0.39, 0.29) is 0 Å². The molecule has 0 unspecified atom stereocenters. The van der Waals surface area contributed by atoms with Gasteiger partial charge in [-0.25, -0.2) is 0 Å². The van der Waals surface area contributed by atoms with Gasteiger partial charge in [0.05, 0.1) is 6.07 Å². The average molecular weight is 70.1 g/mol. The summed E-state index contributed by atoms with van der Waals surface area (Å²) in [6, 6.07) is 1.77. The third-order valence-corrected chi connectivity index (χ3v) is 0.224. The van der Waals surface area contributed by atoms with Crippen molar-refractivity contribution in [2.24, 2.45) is 5.89 Å². The monoisotopic (exact) mass is 70.1 g/mol. The van der Waals surface area contributed by atoms with Crippen LogP contribution in [0, 0.1) is 17.2 Å². The highest BCUT2D eigenvalue weighted by Gasteiger charge is 1.78. The molecule has 0 rings (SSSR count). The lowest BCUT2D eigenvalue weighted by atomic mass is 10.3. The average Bonchev–Trinajstić information content (AvgIpc) is 1.35. The molecule has 0 aromatic carbocycles. The second-order valence-electron chi connectivity index (χ2n) is 1.11. The summed E-state index contributed by atoms with van der Waals surface area (Å²) >= 11 is 0. The molecule has 0 aromatic heterocycles. The molecule has 0 aliphatic rings. The van der Waals surface area contributed by atoms with Crippen molar-refractivity contribution in [1.29, 1.82) is 5.26 Å². The summed E-state index contributed by atoms with van der Waals surface area (Å²) in [5.41, 5.74) is 0. The van der Waals surface area contributed by atoms with E-state index in [2.05, 4.69) is 0 Å². The summed E-state index contributed by atoms with van der Waals surface area (Å²) in [4.78, 5) is 0. The van der Waals surface area contributed by atoms with Crippen molar-refractivity contribution in [3.05, 3.63) is 0 Å². The Balaban J connectivity index is 3.55. The van der Waals surface area contributed by atoms with Gasteiger partial charge < -0.3 is 0 Å². The molecule has 0 aromatic rings. The Morgan fingerprint density at radius 1 is 2.00 bits per heavy atom. The van der Waals surface area contributed by atoms with Crippen molar-refractivity contribution in [3.8, 4) is 6.07 Å². The largest absolute Gasteiger partial charge is 0.198 e. The van der Waals surface area contributed by atoms with Gasteiger partial charge >= 0.3 is 0 Å². The first-order valence-electron chi connectivity index (χ1n) is 1.97. The van der Waals surface area contributed by atoms with E-state index >= 15 is 0 Å². The van der Waals surface area contributed by atoms with Crippen LogP contribution >= 0.6 is 0 Å². The molecule has 0 saturated carbocycles. The van der Waals surface area contributed by atoms with Crippen molar-refractivity contribution < 1.29 is 1.37 Å². The number of nitrogens with zero attached hydrogens (tertiary/aromatic N) is 1. The van der Waals surface area contributed by atoms with E-state index in [1.807, 2.05) is 0 Å². The number of hydrogen-bond donors (Lipinski definition) is 0. The lowest BCUT2D eigenvalue weighted by molar-refractivity contribution is 0.849. The smallest absolute Gasteiger partial charge is 0.0649 e. The molecular weight excluding hydrogens is 62.1 g/mol. The molecule has 0 fully saturated rings. The van der Waals surface area contributed by atoms with Crippen molar-refractivity contribution in [2.75, 3.05) is 0 Å². The predicted octanol–water partition coefficient (Wildman–Crippen LogP) is 1.17. The maximum Gasteiger partial charge on any atom is 0.0649 e. The van der Waals surface area contributed by atoms with Gasteiger partial charge in [-0.05, 0) is 13.8 Å². The van der Waals surface area contributed by atoms with E-state index in [0.29, 0.717) is 0 Å². The molecule has 1 heteroatoms. The summed E-state index contributed by atoms with van der Waals surface area (Å²) in [6.45, 7) is 3.10. The van der Waals surface area contributed by atoms with Gasteiger partial charge in [-0.1, -0.05) is 0 Å². The topological polar surface area (TPSA) is 23.8 Å². The maximum absolute atomic E-state index is 7.97. The van der Waals surface area contributed by atoms with Gasteiger partial charge in [0.15, 0.2) is 0 Å². The zero-order chi connectivity index (χ0) is 5.21. The number of rotatable bonds is 0. The molecule has 5 heavy (non-hydrogen) atoms. The van der Waals surface area contributed by atoms with Crippen LogP contribution in [0.3, 0.4) is 0 Å². The Morgan fingerprint density at radius 3 is 2.20 bits per heavy atom. The summed E-state index contributed by atoms with van der Waals surface area (Å²) < 4.78 is 6.82. The molecule has 0 spiro atoms. The third-order valence-electron chi connectivity index (χ3n) is 0.224. The highest BCUT2D eigenvalue weighted by Crippen LogP contribution is 1.81. The number of nitriles is 1. The third kappa shape index (κ3) is 3.49. The van der Waals surface area contributed by atoms with Gasteiger partial charge in [-0.3, -0.25) is 0 Å². The normalized spacial score (nSPS) is 12.6. The van der Waals surface area contributed by atoms with E-state index in [9.17, 15) is 0 Å². The summed E-state index contributed by atoms with van der Waals surface area (Å²) in [6.07, 6.45) is 0. The van der Waals surface area contributed by atoms with Crippen LogP contribution in [0.2, 0.25) is 0 Å². The zero-order valence-electron chi connectivity index (χ0n) is 4.45. The first-order chi connectivity index (χ1) is 2.56. The van der Waals surface area contributed by atoms with Gasteiger partial charge in [0, 0.05) is 7.26 Å². The lowest BCUT2D eigenvalue weighted by Gasteiger charge is -1.75. The SMILES string of the molecule is [2H]C(C)(C)C#N. The van der Waals surface area contributed by atoms with Gasteiger partial charge in [0.1, 0.15) is 0 Å². The van der Waals surface area contributed by atoms with E-state index < -0.39 is 5.89 Å². The van der Waals surface area contributed by atoms with Gasteiger partial charge in [-0.15, -0.1) is 0 Å². The van der Waals surface area contributed by atoms with Gasteiger partial charge in [-0.2, -0.15) is 5.26 Å². The minimum Gasteiger partial charge on any atom is -0.198 e. The molecule has 0 aliphatic heterocycles. The molecule has 0 N–H and O–H groups in total. The molecule has 0 bridgehead atoms. The van der Waals surface area contributed by atoms with E-state index in [0.717, 1.165) is 0 Å². The van der Waals surface area contributed by atoms with E-state index in [1.165, 1.54) is 0 Å². The molecule has 0 atom stereocenters. The highest BCUT2D eigenvalue weighted by atomic mass is 14.2. The Bertz CT molecular complexity index is 74.5. The molecule has 0 aliphatic carbocycles. The molecular formula is C4H7N. The fraction of sp³-hybridized carbons (Fsp3) is 0.750. The first kappa shape index (κ1) is 2.71. The number of hydrogen-bond acceptors (Lipinski definition) is 1. The van der Waals surface area contributed by atoms with Crippen LogP contribution in [0.15, 0.2) is 0 Å². The maximum atomic E-state index is 7.97. The van der Waals surface area contributed by atoms with Crippen LogP contribution in [-0.4, -0.2) is 0 Å². The quantitative estimate of drug-likeness (QED) is 0.419.